The van der Waals surface area contributed by atoms with Crippen molar-refractivity contribution in [2.24, 2.45) is 0 Å². The van der Waals surface area contributed by atoms with Crippen LogP contribution >= 0.6 is 0 Å². The predicted octanol–water partition coefficient (Wildman–Crippen LogP) is 2.71. The summed E-state index contributed by atoms with van der Waals surface area (Å²) in [5.41, 5.74) is 2.09. The summed E-state index contributed by atoms with van der Waals surface area (Å²) in [5, 5.41) is 1.64. The topological polar surface area (TPSA) is 37.4 Å². The highest BCUT2D eigenvalue weighted by atomic mass is 16.2. The third kappa shape index (κ3) is 1.19. The molecule has 0 fully saturated rings. The second kappa shape index (κ2) is 3.53. The van der Waals surface area contributed by atoms with Gasteiger partial charge in [0.2, 0.25) is 0 Å². The Bertz CT molecular complexity index is 694. The summed E-state index contributed by atoms with van der Waals surface area (Å²) in [7, 11) is 1.51. The van der Waals surface area contributed by atoms with E-state index in [9.17, 15) is 9.59 Å². The number of nitrogens with zero attached hydrogens (tertiary/aromatic N) is 1. The number of carbonyl (C=O) groups excluding carboxylic acids is 2. The van der Waals surface area contributed by atoms with Gasteiger partial charge in [0.25, 0.3) is 11.8 Å². The minimum atomic E-state index is -0.251. The lowest BCUT2D eigenvalue weighted by Gasteiger charge is -2.24. The molecular formula is C15H11NO2. The predicted molar refractivity (Wildman–Crippen MR) is 70.5 cm³/mol. The second-order valence-electron chi connectivity index (χ2n) is 4.30. The molecule has 0 spiro atoms. The van der Waals surface area contributed by atoms with Crippen LogP contribution in [0.15, 0.2) is 36.9 Å². The van der Waals surface area contributed by atoms with E-state index in [-0.39, 0.29) is 11.8 Å². The molecule has 0 saturated heterocycles. The summed E-state index contributed by atoms with van der Waals surface area (Å²) in [6.45, 7) is 3.76. The van der Waals surface area contributed by atoms with Crippen molar-refractivity contribution in [2.45, 2.75) is 0 Å². The maximum Gasteiger partial charge on any atom is 0.261 e. The summed E-state index contributed by atoms with van der Waals surface area (Å²) in [6.07, 6.45) is 1.73. The molecule has 1 aliphatic rings. The SMILES string of the molecule is C=Cc1ccc2c3c(cccc13)C(=O)N(C)C2=O. The van der Waals surface area contributed by atoms with E-state index in [0.29, 0.717) is 11.1 Å². The molecule has 2 aromatic carbocycles. The van der Waals surface area contributed by atoms with Crippen LogP contribution in [0.2, 0.25) is 0 Å². The van der Waals surface area contributed by atoms with Crippen LogP contribution in [0.1, 0.15) is 26.3 Å². The molecule has 3 heteroatoms. The molecule has 2 aromatic rings. The number of hydrogen-bond donors (Lipinski definition) is 0. The lowest BCUT2D eigenvalue weighted by atomic mass is 9.91. The maximum absolute atomic E-state index is 12.1. The van der Waals surface area contributed by atoms with Crippen molar-refractivity contribution >= 4 is 28.7 Å². The third-order valence-electron chi connectivity index (χ3n) is 3.36. The molecular weight excluding hydrogens is 226 g/mol. The van der Waals surface area contributed by atoms with Gasteiger partial charge in [0.05, 0.1) is 0 Å². The summed E-state index contributed by atoms with van der Waals surface area (Å²) in [4.78, 5) is 25.3. The van der Waals surface area contributed by atoms with E-state index in [4.69, 9.17) is 0 Å². The molecule has 88 valence electrons. The molecule has 1 heterocycles. The zero-order chi connectivity index (χ0) is 12.9. The Morgan fingerprint density at radius 2 is 1.72 bits per heavy atom. The van der Waals surface area contributed by atoms with E-state index in [1.54, 1.807) is 18.2 Å². The first-order valence-electron chi connectivity index (χ1n) is 5.65. The Balaban J connectivity index is 2.53. The molecule has 18 heavy (non-hydrogen) atoms. The quantitative estimate of drug-likeness (QED) is 0.715. The minimum absolute atomic E-state index is 0.251. The number of imide groups is 1. The average Bonchev–Trinajstić information content (AvgIpc) is 2.41. The standard InChI is InChI=1S/C15H11NO2/c1-3-9-7-8-12-13-10(9)5-4-6-11(13)14(17)16(2)15(12)18/h3-8H,1H2,2H3. The molecule has 0 atom stereocenters. The zero-order valence-corrected chi connectivity index (χ0v) is 9.93. The van der Waals surface area contributed by atoms with Crippen LogP contribution in [0.5, 0.6) is 0 Å². The van der Waals surface area contributed by atoms with Crippen LogP contribution in [0.3, 0.4) is 0 Å². The van der Waals surface area contributed by atoms with Gasteiger partial charge in [-0.05, 0) is 23.1 Å². The van der Waals surface area contributed by atoms with Crippen LogP contribution in [0, 0.1) is 0 Å². The van der Waals surface area contributed by atoms with E-state index in [2.05, 4.69) is 6.58 Å². The summed E-state index contributed by atoms with van der Waals surface area (Å²) < 4.78 is 0. The number of rotatable bonds is 1. The first-order chi connectivity index (χ1) is 8.65. The van der Waals surface area contributed by atoms with Gasteiger partial charge >= 0.3 is 0 Å². The first kappa shape index (κ1) is 10.7. The van der Waals surface area contributed by atoms with Gasteiger partial charge in [0, 0.05) is 23.6 Å². The van der Waals surface area contributed by atoms with Gasteiger partial charge in [-0.3, -0.25) is 14.5 Å². The minimum Gasteiger partial charge on any atom is -0.277 e. The van der Waals surface area contributed by atoms with E-state index in [1.165, 1.54) is 7.05 Å². The Kier molecular flexibility index (Phi) is 2.10. The number of amides is 2. The smallest absolute Gasteiger partial charge is 0.261 e. The maximum atomic E-state index is 12.1. The highest BCUT2D eigenvalue weighted by molar-refractivity contribution is 6.26. The molecule has 0 aliphatic carbocycles. The monoisotopic (exact) mass is 237 g/mol. The molecule has 2 amide bonds. The van der Waals surface area contributed by atoms with Crippen LogP contribution < -0.4 is 0 Å². The Labute approximate surface area is 104 Å². The van der Waals surface area contributed by atoms with E-state index < -0.39 is 0 Å². The van der Waals surface area contributed by atoms with Crippen molar-refractivity contribution in [1.82, 2.24) is 4.90 Å². The molecule has 0 bridgehead atoms. The van der Waals surface area contributed by atoms with Gasteiger partial charge in [0.15, 0.2) is 0 Å². The van der Waals surface area contributed by atoms with Crippen LogP contribution in [-0.2, 0) is 0 Å². The van der Waals surface area contributed by atoms with Gasteiger partial charge in [0.1, 0.15) is 0 Å². The highest BCUT2D eigenvalue weighted by Gasteiger charge is 2.30. The van der Waals surface area contributed by atoms with Crippen molar-refractivity contribution in [2.75, 3.05) is 7.05 Å². The number of carbonyl (C=O) groups is 2. The average molecular weight is 237 g/mol. The highest BCUT2D eigenvalue weighted by Crippen LogP contribution is 2.31. The second-order valence-corrected chi connectivity index (χ2v) is 4.30. The van der Waals surface area contributed by atoms with Gasteiger partial charge in [-0.25, -0.2) is 0 Å². The number of hydrogen-bond acceptors (Lipinski definition) is 2. The van der Waals surface area contributed by atoms with Crippen molar-refractivity contribution in [3.63, 3.8) is 0 Å². The lowest BCUT2D eigenvalue weighted by molar-refractivity contribution is 0.0651. The van der Waals surface area contributed by atoms with Gasteiger partial charge in [-0.15, -0.1) is 0 Å². The number of benzene rings is 2. The third-order valence-corrected chi connectivity index (χ3v) is 3.36. The molecule has 0 aromatic heterocycles. The lowest BCUT2D eigenvalue weighted by Crippen LogP contribution is -2.36. The molecule has 0 N–H and O–H groups in total. The van der Waals surface area contributed by atoms with E-state index >= 15 is 0 Å². The Hall–Kier alpha value is -2.42. The molecule has 0 saturated carbocycles. The van der Waals surface area contributed by atoms with E-state index in [0.717, 1.165) is 21.2 Å². The molecule has 3 rings (SSSR count). The molecule has 1 aliphatic heterocycles. The van der Waals surface area contributed by atoms with Crippen LogP contribution in [-0.4, -0.2) is 23.8 Å². The van der Waals surface area contributed by atoms with Crippen molar-refractivity contribution in [3.05, 3.63) is 53.6 Å². The van der Waals surface area contributed by atoms with Gasteiger partial charge in [-0.2, -0.15) is 0 Å². The zero-order valence-electron chi connectivity index (χ0n) is 9.93. The van der Waals surface area contributed by atoms with Crippen LogP contribution in [0.4, 0.5) is 0 Å². The Morgan fingerprint density at radius 3 is 2.39 bits per heavy atom. The molecule has 3 nitrogen and oxygen atoms in total. The fraction of sp³-hybridized carbons (Fsp3) is 0.0667. The van der Waals surface area contributed by atoms with Crippen molar-refractivity contribution in [3.8, 4) is 0 Å². The fourth-order valence-electron chi connectivity index (χ4n) is 2.42. The fourth-order valence-corrected chi connectivity index (χ4v) is 2.42. The Morgan fingerprint density at radius 1 is 1.06 bits per heavy atom. The van der Waals surface area contributed by atoms with Crippen molar-refractivity contribution in [1.29, 1.82) is 0 Å². The molecule has 0 unspecified atom stereocenters. The van der Waals surface area contributed by atoms with Crippen molar-refractivity contribution < 1.29 is 9.59 Å². The van der Waals surface area contributed by atoms with Crippen LogP contribution in [0.25, 0.3) is 16.8 Å². The normalized spacial score (nSPS) is 14.2. The molecule has 0 radical (unpaired) electrons. The summed E-state index contributed by atoms with van der Waals surface area (Å²) in [6, 6.07) is 9.11. The van der Waals surface area contributed by atoms with Gasteiger partial charge < -0.3 is 0 Å². The summed E-state index contributed by atoms with van der Waals surface area (Å²) in [5.74, 6) is -0.501. The summed E-state index contributed by atoms with van der Waals surface area (Å²) >= 11 is 0. The first-order valence-corrected chi connectivity index (χ1v) is 5.65. The van der Waals surface area contributed by atoms with Gasteiger partial charge in [-0.1, -0.05) is 30.9 Å². The largest absolute Gasteiger partial charge is 0.277 e. The van der Waals surface area contributed by atoms with E-state index in [1.807, 2.05) is 18.2 Å².